The lowest BCUT2D eigenvalue weighted by atomic mass is 9.93. The number of halogens is 2. The molecule has 3 heteroatoms. The largest absolute Gasteiger partial charge is 0.309 e. The molecule has 0 aliphatic heterocycles. The molecule has 0 amide bonds. The van der Waals surface area contributed by atoms with Crippen LogP contribution in [0.5, 0.6) is 0 Å². The minimum Gasteiger partial charge on any atom is -0.309 e. The van der Waals surface area contributed by atoms with E-state index in [4.69, 9.17) is 0 Å². The molecule has 0 bridgehead atoms. The minimum absolute atomic E-state index is 0.0753. The van der Waals surface area contributed by atoms with Gasteiger partial charge >= 0.3 is 0 Å². The molecule has 0 saturated carbocycles. The van der Waals surface area contributed by atoms with E-state index in [1.165, 1.54) is 29.3 Å². The molecular formula is C18H21F2N. The Morgan fingerprint density at radius 1 is 0.952 bits per heavy atom. The van der Waals surface area contributed by atoms with E-state index in [0.717, 1.165) is 18.4 Å². The van der Waals surface area contributed by atoms with Crippen LogP contribution in [0.3, 0.4) is 0 Å². The van der Waals surface area contributed by atoms with E-state index in [1.54, 1.807) is 7.05 Å². The van der Waals surface area contributed by atoms with Crippen molar-refractivity contribution in [3.8, 4) is 0 Å². The third-order valence-corrected chi connectivity index (χ3v) is 3.90. The average molecular weight is 289 g/mol. The summed E-state index contributed by atoms with van der Waals surface area (Å²) >= 11 is 0. The molecule has 1 N–H and O–H groups in total. The topological polar surface area (TPSA) is 12.0 Å². The van der Waals surface area contributed by atoms with Crippen LogP contribution in [0.4, 0.5) is 8.78 Å². The molecule has 0 radical (unpaired) electrons. The smallest absolute Gasteiger partial charge is 0.131 e. The van der Waals surface area contributed by atoms with Crippen molar-refractivity contribution in [3.63, 3.8) is 0 Å². The van der Waals surface area contributed by atoms with Gasteiger partial charge in [0, 0.05) is 5.56 Å². The van der Waals surface area contributed by atoms with Gasteiger partial charge in [0.25, 0.3) is 0 Å². The summed E-state index contributed by atoms with van der Waals surface area (Å²) in [7, 11) is 1.72. The summed E-state index contributed by atoms with van der Waals surface area (Å²) in [5.74, 6) is -1.04. The van der Waals surface area contributed by atoms with Gasteiger partial charge in [-0.3, -0.25) is 0 Å². The molecule has 0 aliphatic rings. The van der Waals surface area contributed by atoms with Gasteiger partial charge in [-0.15, -0.1) is 0 Å². The minimum atomic E-state index is -0.521. The zero-order valence-electron chi connectivity index (χ0n) is 12.7. The van der Waals surface area contributed by atoms with Gasteiger partial charge in [0.05, 0.1) is 6.04 Å². The summed E-state index contributed by atoms with van der Waals surface area (Å²) in [4.78, 5) is 0. The molecule has 1 unspecified atom stereocenters. The second-order valence-electron chi connectivity index (χ2n) is 5.09. The number of hydrogen-bond donors (Lipinski definition) is 1. The van der Waals surface area contributed by atoms with E-state index in [1.807, 2.05) is 12.1 Å². The van der Waals surface area contributed by atoms with Gasteiger partial charge in [0.2, 0.25) is 0 Å². The van der Waals surface area contributed by atoms with Crippen molar-refractivity contribution in [2.75, 3.05) is 7.05 Å². The first-order valence-corrected chi connectivity index (χ1v) is 7.35. The van der Waals surface area contributed by atoms with E-state index in [2.05, 4.69) is 25.2 Å². The molecule has 1 atom stereocenters. The van der Waals surface area contributed by atoms with E-state index >= 15 is 0 Å². The van der Waals surface area contributed by atoms with Crippen molar-refractivity contribution < 1.29 is 8.78 Å². The third-order valence-electron chi connectivity index (χ3n) is 3.90. The van der Waals surface area contributed by atoms with Crippen LogP contribution in [0, 0.1) is 11.6 Å². The second-order valence-corrected chi connectivity index (χ2v) is 5.09. The Balaban J connectivity index is 2.51. The second kappa shape index (κ2) is 6.81. The Labute approximate surface area is 125 Å². The lowest BCUT2D eigenvalue weighted by Crippen LogP contribution is -2.20. The highest BCUT2D eigenvalue weighted by Crippen LogP contribution is 2.28. The summed E-state index contributed by atoms with van der Waals surface area (Å²) in [6.45, 7) is 4.20. The SMILES string of the molecule is CCc1ccc(C(NC)c2c(F)cccc2F)cc1CC. The maximum absolute atomic E-state index is 14.0. The van der Waals surface area contributed by atoms with Crippen LogP contribution >= 0.6 is 0 Å². The quantitative estimate of drug-likeness (QED) is 0.860. The molecule has 0 aliphatic carbocycles. The van der Waals surface area contributed by atoms with Gasteiger partial charge in [0.1, 0.15) is 11.6 Å². The Hall–Kier alpha value is -1.74. The van der Waals surface area contributed by atoms with Gasteiger partial charge in [0.15, 0.2) is 0 Å². The van der Waals surface area contributed by atoms with Crippen molar-refractivity contribution >= 4 is 0 Å². The Kier molecular flexibility index (Phi) is 5.07. The molecule has 1 nitrogen and oxygen atoms in total. The van der Waals surface area contributed by atoms with Crippen LogP contribution < -0.4 is 5.32 Å². The number of hydrogen-bond acceptors (Lipinski definition) is 1. The van der Waals surface area contributed by atoms with Crippen molar-refractivity contribution in [1.29, 1.82) is 0 Å². The van der Waals surface area contributed by atoms with Crippen molar-refractivity contribution in [2.45, 2.75) is 32.7 Å². The molecule has 21 heavy (non-hydrogen) atoms. The highest BCUT2D eigenvalue weighted by molar-refractivity contribution is 5.39. The van der Waals surface area contributed by atoms with Gasteiger partial charge in [-0.1, -0.05) is 38.1 Å². The Morgan fingerprint density at radius 3 is 2.10 bits per heavy atom. The Morgan fingerprint density at radius 2 is 1.57 bits per heavy atom. The molecule has 0 heterocycles. The number of nitrogens with one attached hydrogen (secondary N) is 1. The van der Waals surface area contributed by atoms with E-state index in [-0.39, 0.29) is 5.56 Å². The number of aryl methyl sites for hydroxylation is 2. The summed E-state index contributed by atoms with van der Waals surface area (Å²) in [5.41, 5.74) is 3.47. The summed E-state index contributed by atoms with van der Waals surface area (Å²) in [6, 6.07) is 9.54. The highest BCUT2D eigenvalue weighted by atomic mass is 19.1. The predicted molar refractivity (Wildman–Crippen MR) is 82.5 cm³/mol. The third kappa shape index (κ3) is 3.13. The zero-order chi connectivity index (χ0) is 15.4. The van der Waals surface area contributed by atoms with Crippen molar-refractivity contribution in [3.05, 3.63) is 70.3 Å². The van der Waals surface area contributed by atoms with Crippen LogP contribution in [0.2, 0.25) is 0 Å². The molecule has 0 saturated heterocycles. The molecular weight excluding hydrogens is 268 g/mol. The van der Waals surface area contributed by atoms with Crippen LogP contribution in [-0.2, 0) is 12.8 Å². The van der Waals surface area contributed by atoms with Gasteiger partial charge in [-0.2, -0.15) is 0 Å². The maximum atomic E-state index is 14.0. The van der Waals surface area contributed by atoms with Gasteiger partial charge in [-0.25, -0.2) is 8.78 Å². The standard InChI is InChI=1S/C18H21F2N/c1-4-12-9-10-14(11-13(12)5-2)18(21-3)17-15(19)7-6-8-16(17)20/h6-11,18,21H,4-5H2,1-3H3. The monoisotopic (exact) mass is 289 g/mol. The van der Waals surface area contributed by atoms with Crippen LogP contribution in [0.15, 0.2) is 36.4 Å². The lowest BCUT2D eigenvalue weighted by Gasteiger charge is -2.20. The highest BCUT2D eigenvalue weighted by Gasteiger charge is 2.20. The molecule has 0 aromatic heterocycles. The van der Waals surface area contributed by atoms with Crippen LogP contribution in [0.1, 0.15) is 42.1 Å². The lowest BCUT2D eigenvalue weighted by molar-refractivity contribution is 0.522. The van der Waals surface area contributed by atoms with E-state index in [9.17, 15) is 8.78 Å². The first kappa shape index (κ1) is 15.6. The van der Waals surface area contributed by atoms with Crippen LogP contribution in [0.25, 0.3) is 0 Å². The summed E-state index contributed by atoms with van der Waals surface area (Å²) in [5, 5.41) is 3.03. The fourth-order valence-corrected chi connectivity index (χ4v) is 2.76. The average Bonchev–Trinajstić information content (AvgIpc) is 2.50. The molecule has 2 rings (SSSR count). The van der Waals surface area contributed by atoms with Crippen LogP contribution in [-0.4, -0.2) is 7.05 Å². The summed E-state index contributed by atoms with van der Waals surface area (Å²) in [6.07, 6.45) is 1.87. The van der Waals surface area contributed by atoms with Crippen molar-refractivity contribution in [2.24, 2.45) is 0 Å². The first-order chi connectivity index (χ1) is 10.1. The Bertz CT molecular complexity index is 602. The fraction of sp³-hybridized carbons (Fsp3) is 0.333. The molecule has 112 valence electrons. The van der Waals surface area contributed by atoms with Gasteiger partial charge in [-0.05, 0) is 48.7 Å². The molecule has 2 aromatic carbocycles. The zero-order valence-corrected chi connectivity index (χ0v) is 12.7. The molecule has 0 fully saturated rings. The number of rotatable bonds is 5. The van der Waals surface area contributed by atoms with Crippen molar-refractivity contribution in [1.82, 2.24) is 5.32 Å². The maximum Gasteiger partial charge on any atom is 0.131 e. The van der Waals surface area contributed by atoms with Gasteiger partial charge < -0.3 is 5.32 Å². The molecule has 0 spiro atoms. The van der Waals surface area contributed by atoms with E-state index < -0.39 is 17.7 Å². The molecule has 2 aromatic rings. The number of benzene rings is 2. The van der Waals surface area contributed by atoms with E-state index in [0.29, 0.717) is 0 Å². The first-order valence-electron chi connectivity index (χ1n) is 7.35. The predicted octanol–water partition coefficient (Wildman–Crippen LogP) is 4.40. The normalized spacial score (nSPS) is 12.4. The fourth-order valence-electron chi connectivity index (χ4n) is 2.76. The summed E-state index contributed by atoms with van der Waals surface area (Å²) < 4.78 is 28.0.